The highest BCUT2D eigenvalue weighted by Crippen LogP contribution is 2.10. The molecule has 0 atom stereocenters. The SMILES string of the molecule is CCOC(=O)CCCNC(=O)c1ccc(C)cc1C. The highest BCUT2D eigenvalue weighted by atomic mass is 16.5. The zero-order valence-corrected chi connectivity index (χ0v) is 11.8. The number of aryl methyl sites for hydroxylation is 2. The Labute approximate surface area is 114 Å². The number of hydrogen-bond acceptors (Lipinski definition) is 3. The van der Waals surface area contributed by atoms with Crippen LogP contribution < -0.4 is 5.32 Å². The maximum Gasteiger partial charge on any atom is 0.305 e. The summed E-state index contributed by atoms with van der Waals surface area (Å²) in [5.74, 6) is -0.315. The van der Waals surface area contributed by atoms with E-state index in [1.807, 2.05) is 32.0 Å². The van der Waals surface area contributed by atoms with Gasteiger partial charge in [-0.1, -0.05) is 17.7 Å². The molecule has 0 aliphatic heterocycles. The molecular formula is C15H21NO3. The molecule has 0 spiro atoms. The molecule has 0 saturated carbocycles. The van der Waals surface area contributed by atoms with Crippen LogP contribution in [-0.2, 0) is 9.53 Å². The number of hydrogen-bond donors (Lipinski definition) is 1. The molecule has 1 rings (SSSR count). The van der Waals surface area contributed by atoms with Crippen LogP contribution in [0.25, 0.3) is 0 Å². The largest absolute Gasteiger partial charge is 0.466 e. The number of benzene rings is 1. The lowest BCUT2D eigenvalue weighted by molar-refractivity contribution is -0.143. The van der Waals surface area contributed by atoms with Crippen molar-refractivity contribution in [1.29, 1.82) is 0 Å². The Hall–Kier alpha value is -1.84. The molecule has 1 N–H and O–H groups in total. The van der Waals surface area contributed by atoms with Crippen LogP contribution in [0.5, 0.6) is 0 Å². The first-order chi connectivity index (χ1) is 9.04. The summed E-state index contributed by atoms with van der Waals surface area (Å²) in [5, 5.41) is 2.81. The van der Waals surface area contributed by atoms with Gasteiger partial charge in [0.2, 0.25) is 0 Å². The first kappa shape index (κ1) is 15.2. The summed E-state index contributed by atoms with van der Waals surface area (Å²) in [6.07, 6.45) is 0.927. The lowest BCUT2D eigenvalue weighted by Gasteiger charge is -2.08. The second kappa shape index (κ2) is 7.56. The Bertz CT molecular complexity index is 455. The molecule has 0 bridgehead atoms. The monoisotopic (exact) mass is 263 g/mol. The van der Waals surface area contributed by atoms with Crippen LogP contribution in [0.4, 0.5) is 0 Å². The predicted molar refractivity (Wildman–Crippen MR) is 74.1 cm³/mol. The zero-order chi connectivity index (χ0) is 14.3. The van der Waals surface area contributed by atoms with Crippen molar-refractivity contribution in [2.75, 3.05) is 13.2 Å². The van der Waals surface area contributed by atoms with Crippen LogP contribution >= 0.6 is 0 Å². The summed E-state index contributed by atoms with van der Waals surface area (Å²) in [6, 6.07) is 5.72. The Morgan fingerprint density at radius 1 is 1.26 bits per heavy atom. The van der Waals surface area contributed by atoms with E-state index in [0.29, 0.717) is 31.6 Å². The van der Waals surface area contributed by atoms with Gasteiger partial charge < -0.3 is 10.1 Å². The molecule has 19 heavy (non-hydrogen) atoms. The molecule has 104 valence electrons. The Kier molecular flexibility index (Phi) is 6.06. The molecule has 0 heterocycles. The third kappa shape index (κ3) is 5.12. The topological polar surface area (TPSA) is 55.4 Å². The van der Waals surface area contributed by atoms with Gasteiger partial charge >= 0.3 is 5.97 Å². The predicted octanol–water partition coefficient (Wildman–Crippen LogP) is 2.38. The van der Waals surface area contributed by atoms with Crippen LogP contribution in [0.15, 0.2) is 18.2 Å². The molecule has 0 aliphatic rings. The van der Waals surface area contributed by atoms with Crippen molar-refractivity contribution in [3.8, 4) is 0 Å². The molecule has 1 aromatic rings. The molecule has 0 aliphatic carbocycles. The lowest BCUT2D eigenvalue weighted by Crippen LogP contribution is -2.25. The smallest absolute Gasteiger partial charge is 0.305 e. The summed E-state index contributed by atoms with van der Waals surface area (Å²) < 4.78 is 4.81. The average Bonchev–Trinajstić information content (AvgIpc) is 2.34. The van der Waals surface area contributed by atoms with Crippen LogP contribution in [0, 0.1) is 13.8 Å². The van der Waals surface area contributed by atoms with Gasteiger partial charge in [0.15, 0.2) is 0 Å². The van der Waals surface area contributed by atoms with Gasteiger partial charge in [0.25, 0.3) is 5.91 Å². The molecule has 1 aromatic carbocycles. The Morgan fingerprint density at radius 2 is 2.00 bits per heavy atom. The minimum Gasteiger partial charge on any atom is -0.466 e. The molecule has 0 aromatic heterocycles. The summed E-state index contributed by atoms with van der Waals surface area (Å²) in [4.78, 5) is 23.0. The molecule has 4 heteroatoms. The van der Waals surface area contributed by atoms with Crippen LogP contribution in [0.1, 0.15) is 41.3 Å². The van der Waals surface area contributed by atoms with Gasteiger partial charge in [-0.25, -0.2) is 0 Å². The number of carbonyl (C=O) groups excluding carboxylic acids is 2. The van der Waals surface area contributed by atoms with Gasteiger partial charge in [-0.05, 0) is 38.8 Å². The highest BCUT2D eigenvalue weighted by Gasteiger charge is 2.08. The summed E-state index contributed by atoms with van der Waals surface area (Å²) in [5.41, 5.74) is 2.78. The summed E-state index contributed by atoms with van der Waals surface area (Å²) in [6.45, 7) is 6.56. The van der Waals surface area contributed by atoms with E-state index in [9.17, 15) is 9.59 Å². The van der Waals surface area contributed by atoms with Crippen molar-refractivity contribution in [2.45, 2.75) is 33.6 Å². The summed E-state index contributed by atoms with van der Waals surface area (Å²) in [7, 11) is 0. The minimum absolute atomic E-state index is 0.0960. The second-order valence-corrected chi connectivity index (χ2v) is 4.48. The number of rotatable bonds is 6. The number of nitrogens with one attached hydrogen (secondary N) is 1. The van der Waals surface area contributed by atoms with Gasteiger partial charge in [-0.15, -0.1) is 0 Å². The average molecular weight is 263 g/mol. The van der Waals surface area contributed by atoms with Crippen molar-refractivity contribution < 1.29 is 14.3 Å². The molecule has 0 saturated heterocycles. The van der Waals surface area contributed by atoms with E-state index in [-0.39, 0.29) is 11.9 Å². The standard InChI is InChI=1S/C15H21NO3/c1-4-19-14(17)6-5-9-16-15(18)13-8-7-11(2)10-12(13)3/h7-8,10H,4-6,9H2,1-3H3,(H,16,18). The molecule has 0 fully saturated rings. The lowest BCUT2D eigenvalue weighted by atomic mass is 10.1. The molecule has 1 amide bonds. The fourth-order valence-corrected chi connectivity index (χ4v) is 1.83. The molecular weight excluding hydrogens is 242 g/mol. The number of amides is 1. The summed E-state index contributed by atoms with van der Waals surface area (Å²) >= 11 is 0. The highest BCUT2D eigenvalue weighted by molar-refractivity contribution is 5.95. The Balaban J connectivity index is 2.37. The maximum absolute atomic E-state index is 11.9. The maximum atomic E-state index is 11.9. The van der Waals surface area contributed by atoms with Crippen molar-refractivity contribution in [2.24, 2.45) is 0 Å². The van der Waals surface area contributed by atoms with E-state index < -0.39 is 0 Å². The van der Waals surface area contributed by atoms with E-state index in [1.54, 1.807) is 6.92 Å². The third-order valence-electron chi connectivity index (χ3n) is 2.78. The minimum atomic E-state index is -0.219. The number of ether oxygens (including phenoxy) is 1. The second-order valence-electron chi connectivity index (χ2n) is 4.48. The Morgan fingerprint density at radius 3 is 2.63 bits per heavy atom. The van der Waals surface area contributed by atoms with Crippen LogP contribution in [0.2, 0.25) is 0 Å². The molecule has 0 unspecified atom stereocenters. The van der Waals surface area contributed by atoms with Crippen LogP contribution in [0.3, 0.4) is 0 Å². The fourth-order valence-electron chi connectivity index (χ4n) is 1.83. The fraction of sp³-hybridized carbons (Fsp3) is 0.467. The van der Waals surface area contributed by atoms with E-state index in [1.165, 1.54) is 0 Å². The van der Waals surface area contributed by atoms with E-state index >= 15 is 0 Å². The first-order valence-electron chi connectivity index (χ1n) is 6.55. The van der Waals surface area contributed by atoms with E-state index in [2.05, 4.69) is 5.32 Å². The van der Waals surface area contributed by atoms with Crippen molar-refractivity contribution in [3.63, 3.8) is 0 Å². The normalized spacial score (nSPS) is 10.1. The quantitative estimate of drug-likeness (QED) is 0.633. The van der Waals surface area contributed by atoms with Gasteiger partial charge in [0.1, 0.15) is 0 Å². The number of carbonyl (C=O) groups is 2. The van der Waals surface area contributed by atoms with Crippen molar-refractivity contribution >= 4 is 11.9 Å². The number of esters is 1. The van der Waals surface area contributed by atoms with Crippen molar-refractivity contribution in [3.05, 3.63) is 34.9 Å². The van der Waals surface area contributed by atoms with Gasteiger partial charge in [-0.3, -0.25) is 9.59 Å². The molecule has 0 radical (unpaired) electrons. The van der Waals surface area contributed by atoms with Crippen LogP contribution in [-0.4, -0.2) is 25.0 Å². The third-order valence-corrected chi connectivity index (χ3v) is 2.78. The van der Waals surface area contributed by atoms with Gasteiger partial charge in [-0.2, -0.15) is 0 Å². The molecule has 4 nitrogen and oxygen atoms in total. The van der Waals surface area contributed by atoms with Gasteiger partial charge in [0, 0.05) is 18.5 Å². The van der Waals surface area contributed by atoms with Gasteiger partial charge in [0.05, 0.1) is 6.61 Å². The van der Waals surface area contributed by atoms with E-state index in [0.717, 1.165) is 11.1 Å². The first-order valence-corrected chi connectivity index (χ1v) is 6.55. The van der Waals surface area contributed by atoms with Crippen molar-refractivity contribution in [1.82, 2.24) is 5.32 Å². The van der Waals surface area contributed by atoms with E-state index in [4.69, 9.17) is 4.74 Å². The zero-order valence-electron chi connectivity index (χ0n) is 11.8.